The number of hydrogen-bond acceptors (Lipinski definition) is 5. The summed E-state index contributed by atoms with van der Waals surface area (Å²) in [6.07, 6.45) is 5.37. The number of carbonyl (C=O) groups is 3. The van der Waals surface area contributed by atoms with Crippen LogP contribution in [0.25, 0.3) is 10.4 Å². The highest BCUT2D eigenvalue weighted by atomic mass is 32.1. The number of pyridine rings is 1. The van der Waals surface area contributed by atoms with Gasteiger partial charge in [-0.15, -0.1) is 11.3 Å². The molecule has 1 fully saturated rings. The number of nitrogens with one attached hydrogen (secondary N) is 1. The average Bonchev–Trinajstić information content (AvgIpc) is 3.30. The van der Waals surface area contributed by atoms with Crippen molar-refractivity contribution >= 4 is 40.5 Å². The Morgan fingerprint density at radius 1 is 1.08 bits per heavy atom. The first-order valence-electron chi connectivity index (χ1n) is 12.7. The minimum atomic E-state index is -1.04. The van der Waals surface area contributed by atoms with Crippen LogP contribution < -0.4 is 10.2 Å². The first-order chi connectivity index (χ1) is 17.7. The summed E-state index contributed by atoms with van der Waals surface area (Å²) in [6.45, 7) is 7.85. The van der Waals surface area contributed by atoms with Gasteiger partial charge < -0.3 is 15.3 Å². The maximum atomic E-state index is 13.5. The number of nitrogens with zero attached hydrogens (tertiary/aromatic N) is 2. The van der Waals surface area contributed by atoms with Crippen molar-refractivity contribution in [1.29, 1.82) is 0 Å². The van der Waals surface area contributed by atoms with Gasteiger partial charge in [0.25, 0.3) is 5.91 Å². The summed E-state index contributed by atoms with van der Waals surface area (Å²) in [6, 6.07) is 12.3. The van der Waals surface area contributed by atoms with Gasteiger partial charge in [0, 0.05) is 34.4 Å². The third-order valence-corrected chi connectivity index (χ3v) is 8.13. The van der Waals surface area contributed by atoms with Gasteiger partial charge in [-0.1, -0.05) is 19.1 Å². The number of carboxylic acid groups (broad SMARTS) is 1. The molecular weight excluding hydrogens is 486 g/mol. The molecule has 4 rings (SSSR count). The summed E-state index contributed by atoms with van der Waals surface area (Å²) < 4.78 is 0. The number of carboxylic acids is 1. The molecule has 0 atom stereocenters. The van der Waals surface area contributed by atoms with Crippen LogP contribution in [0.1, 0.15) is 72.2 Å². The molecule has 0 radical (unpaired) electrons. The number of hydrogen-bond donors (Lipinski definition) is 2. The van der Waals surface area contributed by atoms with Gasteiger partial charge in [-0.05, 0) is 88.3 Å². The molecule has 2 amide bonds. The van der Waals surface area contributed by atoms with E-state index in [1.54, 1.807) is 42.3 Å². The van der Waals surface area contributed by atoms with Crippen molar-refractivity contribution in [2.24, 2.45) is 11.8 Å². The Morgan fingerprint density at radius 2 is 1.76 bits per heavy atom. The Labute approximate surface area is 221 Å². The van der Waals surface area contributed by atoms with E-state index in [4.69, 9.17) is 0 Å². The highest BCUT2D eigenvalue weighted by Gasteiger charge is 2.33. The molecule has 1 saturated carbocycles. The monoisotopic (exact) mass is 519 g/mol. The zero-order valence-corrected chi connectivity index (χ0v) is 22.5. The summed E-state index contributed by atoms with van der Waals surface area (Å²) in [5.74, 6) is -0.724. The standard InChI is InChI=1S/C29H33N3O4S/c1-17(2)32(28(34)21-9-7-18(3)8-10-21)24-16-25(37-26(24)29(35)36)20-11-13-22(14-12-20)31-27(33)23-6-5-15-30-19(23)4/h5-6,11-18,21H,7-10H2,1-4H3,(H,31,33)(H,35,36). The molecule has 194 valence electrons. The summed E-state index contributed by atoms with van der Waals surface area (Å²) in [5.41, 5.74) is 3.05. The predicted octanol–water partition coefficient (Wildman–Crippen LogP) is 6.64. The van der Waals surface area contributed by atoms with Gasteiger partial charge in [0.2, 0.25) is 5.91 Å². The van der Waals surface area contributed by atoms with Crippen LogP contribution in [-0.4, -0.2) is 33.9 Å². The molecule has 2 aromatic heterocycles. The molecule has 0 spiro atoms. The van der Waals surface area contributed by atoms with E-state index in [-0.39, 0.29) is 28.7 Å². The molecule has 8 heteroatoms. The Bertz CT molecular complexity index is 1290. The number of thiophene rings is 1. The molecule has 37 heavy (non-hydrogen) atoms. The summed E-state index contributed by atoms with van der Waals surface area (Å²) in [7, 11) is 0. The molecule has 2 N–H and O–H groups in total. The van der Waals surface area contributed by atoms with Crippen molar-refractivity contribution < 1.29 is 19.5 Å². The van der Waals surface area contributed by atoms with E-state index in [0.717, 1.165) is 47.5 Å². The van der Waals surface area contributed by atoms with Gasteiger partial charge in [0.15, 0.2) is 0 Å². The highest BCUT2D eigenvalue weighted by Crippen LogP contribution is 2.40. The third-order valence-electron chi connectivity index (χ3n) is 6.96. The maximum absolute atomic E-state index is 13.5. The van der Waals surface area contributed by atoms with Gasteiger partial charge in [-0.2, -0.15) is 0 Å². The molecule has 0 aliphatic heterocycles. The van der Waals surface area contributed by atoms with Gasteiger partial charge in [-0.3, -0.25) is 14.6 Å². The van der Waals surface area contributed by atoms with Crippen molar-refractivity contribution in [1.82, 2.24) is 4.98 Å². The van der Waals surface area contributed by atoms with Crippen LogP contribution in [0, 0.1) is 18.8 Å². The van der Waals surface area contributed by atoms with E-state index >= 15 is 0 Å². The van der Waals surface area contributed by atoms with E-state index in [1.165, 1.54) is 0 Å². The zero-order valence-electron chi connectivity index (χ0n) is 21.7. The number of anilines is 2. The van der Waals surface area contributed by atoms with Gasteiger partial charge >= 0.3 is 5.97 Å². The Balaban J connectivity index is 1.58. The van der Waals surface area contributed by atoms with Crippen LogP contribution in [0.3, 0.4) is 0 Å². The number of aromatic carboxylic acids is 1. The number of aromatic nitrogens is 1. The average molecular weight is 520 g/mol. The van der Waals surface area contributed by atoms with E-state index in [9.17, 15) is 19.5 Å². The lowest BCUT2D eigenvalue weighted by molar-refractivity contribution is -0.123. The Morgan fingerprint density at radius 3 is 2.35 bits per heavy atom. The van der Waals surface area contributed by atoms with Crippen LogP contribution in [-0.2, 0) is 4.79 Å². The zero-order chi connectivity index (χ0) is 26.7. The SMILES string of the molecule is Cc1ncccc1C(=O)Nc1ccc(-c2cc(N(C(=O)C3CCC(C)CC3)C(C)C)c(C(=O)O)s2)cc1. The topological polar surface area (TPSA) is 99.6 Å². The van der Waals surface area contributed by atoms with E-state index in [2.05, 4.69) is 17.2 Å². The molecule has 1 aliphatic carbocycles. The lowest BCUT2D eigenvalue weighted by Crippen LogP contribution is -2.42. The number of benzene rings is 1. The third kappa shape index (κ3) is 5.91. The van der Waals surface area contributed by atoms with Gasteiger partial charge in [0.1, 0.15) is 4.88 Å². The summed E-state index contributed by atoms with van der Waals surface area (Å²) in [5, 5.41) is 12.9. The van der Waals surface area contributed by atoms with Crippen molar-refractivity contribution in [3.63, 3.8) is 0 Å². The number of amides is 2. The lowest BCUT2D eigenvalue weighted by Gasteiger charge is -2.33. The lowest BCUT2D eigenvalue weighted by atomic mass is 9.82. The molecule has 7 nitrogen and oxygen atoms in total. The van der Waals surface area contributed by atoms with Gasteiger partial charge in [0.05, 0.1) is 11.3 Å². The minimum Gasteiger partial charge on any atom is -0.477 e. The van der Waals surface area contributed by atoms with E-state index < -0.39 is 5.97 Å². The largest absolute Gasteiger partial charge is 0.477 e. The number of aryl methyl sites for hydroxylation is 1. The van der Waals surface area contributed by atoms with E-state index in [1.807, 2.05) is 32.0 Å². The second-order valence-corrected chi connectivity index (χ2v) is 11.1. The van der Waals surface area contributed by atoms with Crippen molar-refractivity contribution in [2.45, 2.75) is 59.4 Å². The molecule has 1 aliphatic rings. The first kappa shape index (κ1) is 26.5. The quantitative estimate of drug-likeness (QED) is 0.365. The molecule has 2 heterocycles. The molecule has 1 aromatic carbocycles. The second kappa shape index (κ2) is 11.3. The van der Waals surface area contributed by atoms with E-state index in [0.29, 0.717) is 28.6 Å². The molecule has 0 unspecified atom stereocenters. The van der Waals surface area contributed by atoms with Crippen molar-refractivity contribution in [3.8, 4) is 10.4 Å². The Hall–Kier alpha value is -3.52. The fourth-order valence-corrected chi connectivity index (χ4v) is 5.84. The molecule has 3 aromatic rings. The minimum absolute atomic E-state index is 0.0116. The van der Waals surface area contributed by atoms with Gasteiger partial charge in [-0.25, -0.2) is 4.79 Å². The number of carbonyl (C=O) groups excluding carboxylic acids is 2. The van der Waals surface area contributed by atoms with Crippen molar-refractivity contribution in [3.05, 3.63) is 64.8 Å². The van der Waals surface area contributed by atoms with Crippen LogP contribution in [0.4, 0.5) is 11.4 Å². The maximum Gasteiger partial charge on any atom is 0.348 e. The smallest absolute Gasteiger partial charge is 0.348 e. The van der Waals surface area contributed by atoms with Crippen LogP contribution in [0.2, 0.25) is 0 Å². The molecular formula is C29H33N3O4S. The normalized spacial score (nSPS) is 17.4. The fraction of sp³-hybridized carbons (Fsp3) is 0.379. The Kier molecular flexibility index (Phi) is 8.07. The first-order valence-corrected chi connectivity index (χ1v) is 13.5. The highest BCUT2D eigenvalue weighted by molar-refractivity contribution is 7.18. The molecule has 0 saturated heterocycles. The van der Waals surface area contributed by atoms with Crippen LogP contribution >= 0.6 is 11.3 Å². The fourth-order valence-electron chi connectivity index (χ4n) is 4.85. The summed E-state index contributed by atoms with van der Waals surface area (Å²) >= 11 is 1.16. The van der Waals surface area contributed by atoms with Crippen LogP contribution in [0.15, 0.2) is 48.7 Å². The van der Waals surface area contributed by atoms with Crippen LogP contribution in [0.5, 0.6) is 0 Å². The molecule has 0 bridgehead atoms. The predicted molar refractivity (Wildman–Crippen MR) is 147 cm³/mol. The summed E-state index contributed by atoms with van der Waals surface area (Å²) in [4.78, 5) is 45.1. The van der Waals surface area contributed by atoms with Crippen molar-refractivity contribution in [2.75, 3.05) is 10.2 Å². The second-order valence-electron chi connectivity index (χ2n) is 10.1. The number of rotatable bonds is 7.